The van der Waals surface area contributed by atoms with Crippen molar-refractivity contribution in [1.82, 2.24) is 0 Å². The van der Waals surface area contributed by atoms with Crippen molar-refractivity contribution in [2.45, 2.75) is 33.7 Å². The van der Waals surface area contributed by atoms with Crippen molar-refractivity contribution >= 4 is 24.0 Å². The average molecular weight is 275 g/mol. The molecular formula is C13H20ClFN2O. The Balaban J connectivity index is 0.00000289. The molecule has 1 rings (SSSR count). The summed E-state index contributed by atoms with van der Waals surface area (Å²) in [5.74, 6) is -0.674. The zero-order chi connectivity index (χ0) is 13.2. The Hall–Kier alpha value is -1.13. The van der Waals surface area contributed by atoms with Gasteiger partial charge in [0.05, 0.1) is 6.04 Å². The van der Waals surface area contributed by atoms with Gasteiger partial charge in [0, 0.05) is 5.69 Å². The third-order valence-corrected chi connectivity index (χ3v) is 2.53. The first-order valence-electron chi connectivity index (χ1n) is 5.54. The number of hydrogen-bond acceptors (Lipinski definition) is 2. The molecule has 3 nitrogen and oxygen atoms in total. The minimum atomic E-state index is -0.633. The fourth-order valence-electron chi connectivity index (χ4n) is 1.42. The first kappa shape index (κ1) is 16.9. The van der Waals surface area contributed by atoms with Crippen LogP contribution in [-0.2, 0) is 4.79 Å². The normalized spacial score (nSPS) is 12.6. The van der Waals surface area contributed by atoms with Crippen LogP contribution in [0.5, 0.6) is 0 Å². The highest BCUT2D eigenvalue weighted by atomic mass is 35.5. The molecule has 0 bridgehead atoms. The molecule has 1 aromatic rings. The molecule has 0 aromatic heterocycles. The summed E-state index contributed by atoms with van der Waals surface area (Å²) in [6.07, 6.45) is 0. The van der Waals surface area contributed by atoms with Crippen LogP contribution >= 0.6 is 12.4 Å². The molecule has 0 heterocycles. The maximum atomic E-state index is 13.1. The number of nitrogens with one attached hydrogen (secondary N) is 1. The van der Waals surface area contributed by atoms with Gasteiger partial charge in [0.2, 0.25) is 5.91 Å². The quantitative estimate of drug-likeness (QED) is 0.871. The van der Waals surface area contributed by atoms with Crippen molar-refractivity contribution in [3.8, 4) is 0 Å². The van der Waals surface area contributed by atoms with Crippen LogP contribution in [0.4, 0.5) is 10.1 Å². The van der Waals surface area contributed by atoms with E-state index in [0.717, 1.165) is 5.56 Å². The van der Waals surface area contributed by atoms with Crippen LogP contribution in [0.3, 0.4) is 0 Å². The summed E-state index contributed by atoms with van der Waals surface area (Å²) in [6.45, 7) is 7.42. The number of amides is 1. The van der Waals surface area contributed by atoms with Crippen LogP contribution in [-0.4, -0.2) is 11.9 Å². The number of halogens is 2. The van der Waals surface area contributed by atoms with Crippen LogP contribution in [0.1, 0.15) is 26.3 Å². The molecule has 0 unspecified atom stereocenters. The standard InChI is InChI=1S/C13H19FN2O.ClH/c1-8-5-9(14)7-10(6-8)16-12(17)11(15)13(2,3)4;/h5-7,11H,15H2,1-4H3,(H,16,17);1H/t11-;/m1./s1. The first-order chi connectivity index (χ1) is 7.70. The van der Waals surface area contributed by atoms with E-state index in [-0.39, 0.29) is 29.5 Å². The summed E-state index contributed by atoms with van der Waals surface area (Å²) in [6, 6.07) is 3.75. The highest BCUT2D eigenvalue weighted by Crippen LogP contribution is 2.19. The van der Waals surface area contributed by atoms with Crippen LogP contribution in [0.15, 0.2) is 18.2 Å². The van der Waals surface area contributed by atoms with Gasteiger partial charge in [0.1, 0.15) is 5.82 Å². The topological polar surface area (TPSA) is 55.1 Å². The number of carbonyl (C=O) groups excluding carboxylic acids is 1. The van der Waals surface area contributed by atoms with Crippen molar-refractivity contribution < 1.29 is 9.18 Å². The van der Waals surface area contributed by atoms with Gasteiger partial charge in [0.15, 0.2) is 0 Å². The highest BCUT2D eigenvalue weighted by Gasteiger charge is 2.27. The lowest BCUT2D eigenvalue weighted by Crippen LogP contribution is -2.45. The molecule has 0 aliphatic heterocycles. The number of aryl methyl sites for hydroxylation is 1. The Labute approximate surface area is 113 Å². The van der Waals surface area contributed by atoms with E-state index in [1.807, 2.05) is 20.8 Å². The van der Waals surface area contributed by atoms with Crippen LogP contribution in [0.2, 0.25) is 0 Å². The summed E-state index contributed by atoms with van der Waals surface area (Å²) in [4.78, 5) is 11.8. The lowest BCUT2D eigenvalue weighted by atomic mass is 9.87. The predicted molar refractivity (Wildman–Crippen MR) is 74.4 cm³/mol. The van der Waals surface area contributed by atoms with E-state index >= 15 is 0 Å². The molecule has 1 atom stereocenters. The van der Waals surface area contributed by atoms with Gasteiger partial charge < -0.3 is 11.1 Å². The molecule has 0 radical (unpaired) electrons. The van der Waals surface area contributed by atoms with Crippen LogP contribution in [0, 0.1) is 18.2 Å². The SMILES string of the molecule is Cc1cc(F)cc(NC(=O)[C@@H](N)C(C)(C)C)c1.Cl. The molecule has 0 fully saturated rings. The lowest BCUT2D eigenvalue weighted by Gasteiger charge is -2.25. The fraction of sp³-hybridized carbons (Fsp3) is 0.462. The molecule has 1 amide bonds. The number of carbonyl (C=O) groups is 1. The maximum absolute atomic E-state index is 13.1. The van der Waals surface area contributed by atoms with E-state index in [4.69, 9.17) is 5.73 Å². The van der Waals surface area contributed by atoms with E-state index < -0.39 is 6.04 Å². The first-order valence-corrected chi connectivity index (χ1v) is 5.54. The van der Waals surface area contributed by atoms with Gasteiger partial charge in [-0.15, -0.1) is 12.4 Å². The zero-order valence-corrected chi connectivity index (χ0v) is 11.9. The Kier molecular flexibility index (Phi) is 5.77. The Bertz CT molecular complexity index is 409. The van der Waals surface area contributed by atoms with Gasteiger partial charge in [0.25, 0.3) is 0 Å². The summed E-state index contributed by atoms with van der Waals surface area (Å²) in [5.41, 5.74) is 6.68. The van der Waals surface area contributed by atoms with Gasteiger partial charge in [-0.25, -0.2) is 4.39 Å². The molecular weight excluding hydrogens is 255 g/mol. The number of hydrogen-bond donors (Lipinski definition) is 2. The molecule has 102 valence electrons. The Morgan fingerprint density at radius 1 is 1.33 bits per heavy atom. The predicted octanol–water partition coefficient (Wildman–Crippen LogP) is 2.87. The molecule has 18 heavy (non-hydrogen) atoms. The number of benzene rings is 1. The molecule has 5 heteroatoms. The Morgan fingerprint density at radius 3 is 2.33 bits per heavy atom. The minimum absolute atomic E-state index is 0. The average Bonchev–Trinajstić information content (AvgIpc) is 2.13. The summed E-state index contributed by atoms with van der Waals surface area (Å²) < 4.78 is 13.1. The van der Waals surface area contributed by atoms with E-state index in [1.165, 1.54) is 12.1 Å². The largest absolute Gasteiger partial charge is 0.325 e. The van der Waals surface area contributed by atoms with Crippen molar-refractivity contribution in [2.75, 3.05) is 5.32 Å². The summed E-state index contributed by atoms with van der Waals surface area (Å²) in [5, 5.41) is 2.63. The second kappa shape index (κ2) is 6.16. The monoisotopic (exact) mass is 274 g/mol. The molecule has 0 aliphatic carbocycles. The molecule has 0 saturated heterocycles. The van der Waals surface area contributed by atoms with Crippen molar-refractivity contribution in [3.05, 3.63) is 29.6 Å². The number of rotatable bonds is 2. The highest BCUT2D eigenvalue weighted by molar-refractivity contribution is 5.95. The van der Waals surface area contributed by atoms with E-state index in [9.17, 15) is 9.18 Å². The van der Waals surface area contributed by atoms with Gasteiger partial charge in [-0.1, -0.05) is 20.8 Å². The van der Waals surface area contributed by atoms with Gasteiger partial charge in [-0.3, -0.25) is 4.79 Å². The van der Waals surface area contributed by atoms with Gasteiger partial charge >= 0.3 is 0 Å². The van der Waals surface area contributed by atoms with Crippen molar-refractivity contribution in [1.29, 1.82) is 0 Å². The summed E-state index contributed by atoms with van der Waals surface area (Å²) in [7, 11) is 0. The lowest BCUT2D eigenvalue weighted by molar-refractivity contribution is -0.119. The summed E-state index contributed by atoms with van der Waals surface area (Å²) >= 11 is 0. The molecule has 0 aliphatic rings. The van der Waals surface area contributed by atoms with Crippen LogP contribution < -0.4 is 11.1 Å². The number of nitrogens with two attached hydrogens (primary N) is 1. The Morgan fingerprint density at radius 2 is 1.89 bits per heavy atom. The maximum Gasteiger partial charge on any atom is 0.241 e. The molecule has 0 saturated carbocycles. The van der Waals surface area contributed by atoms with E-state index in [2.05, 4.69) is 5.32 Å². The van der Waals surface area contributed by atoms with Crippen molar-refractivity contribution in [2.24, 2.45) is 11.1 Å². The zero-order valence-electron chi connectivity index (χ0n) is 11.1. The minimum Gasteiger partial charge on any atom is -0.325 e. The van der Waals surface area contributed by atoms with Gasteiger partial charge in [-0.05, 0) is 36.1 Å². The third kappa shape index (κ3) is 4.63. The molecule has 1 aromatic carbocycles. The molecule has 0 spiro atoms. The fourth-order valence-corrected chi connectivity index (χ4v) is 1.42. The van der Waals surface area contributed by atoms with Crippen molar-refractivity contribution in [3.63, 3.8) is 0 Å². The van der Waals surface area contributed by atoms with Crippen LogP contribution in [0.25, 0.3) is 0 Å². The van der Waals surface area contributed by atoms with Gasteiger partial charge in [-0.2, -0.15) is 0 Å². The van der Waals surface area contributed by atoms with E-state index in [0.29, 0.717) is 5.69 Å². The smallest absolute Gasteiger partial charge is 0.241 e. The third-order valence-electron chi connectivity index (χ3n) is 2.53. The molecule has 3 N–H and O–H groups in total. The second-order valence-electron chi connectivity index (χ2n) is 5.35. The number of anilines is 1. The van der Waals surface area contributed by atoms with E-state index in [1.54, 1.807) is 13.0 Å². The second-order valence-corrected chi connectivity index (χ2v) is 5.35.